The van der Waals surface area contributed by atoms with Crippen LogP contribution in [0, 0.1) is 17.6 Å². The van der Waals surface area contributed by atoms with Crippen LogP contribution in [0.5, 0.6) is 0 Å². The zero-order valence-corrected chi connectivity index (χ0v) is 10.9. The maximum atomic E-state index is 13.7. The standard InChI is InChI=1S/C13H16F2N4/c1-9(2)6-16-7-13-17-8-18-19(13)12-4-3-10(14)5-11(12)15/h3-5,8-9,16H,6-7H2,1-2H3. The molecule has 0 radical (unpaired) electrons. The molecule has 1 aromatic heterocycles. The van der Waals surface area contributed by atoms with E-state index in [4.69, 9.17) is 0 Å². The summed E-state index contributed by atoms with van der Waals surface area (Å²) in [7, 11) is 0. The van der Waals surface area contributed by atoms with E-state index >= 15 is 0 Å². The SMILES string of the molecule is CC(C)CNCc1ncnn1-c1ccc(F)cc1F. The van der Waals surface area contributed by atoms with Gasteiger partial charge in [-0.1, -0.05) is 13.8 Å². The normalized spacial score (nSPS) is 11.2. The van der Waals surface area contributed by atoms with E-state index in [0.717, 1.165) is 12.6 Å². The molecule has 19 heavy (non-hydrogen) atoms. The van der Waals surface area contributed by atoms with Crippen LogP contribution < -0.4 is 5.32 Å². The van der Waals surface area contributed by atoms with Gasteiger partial charge in [0.25, 0.3) is 0 Å². The van der Waals surface area contributed by atoms with Gasteiger partial charge in [-0.05, 0) is 24.6 Å². The molecule has 0 unspecified atom stereocenters. The van der Waals surface area contributed by atoms with Crippen LogP contribution >= 0.6 is 0 Å². The summed E-state index contributed by atoms with van der Waals surface area (Å²) in [5.41, 5.74) is 0.195. The highest BCUT2D eigenvalue weighted by atomic mass is 19.1. The van der Waals surface area contributed by atoms with Crippen LogP contribution in [0.3, 0.4) is 0 Å². The first-order chi connectivity index (χ1) is 9.08. The average molecular weight is 266 g/mol. The predicted octanol–water partition coefficient (Wildman–Crippen LogP) is 2.29. The highest BCUT2D eigenvalue weighted by Gasteiger charge is 2.11. The van der Waals surface area contributed by atoms with Gasteiger partial charge >= 0.3 is 0 Å². The van der Waals surface area contributed by atoms with Crippen molar-refractivity contribution in [2.45, 2.75) is 20.4 Å². The number of rotatable bonds is 5. The highest BCUT2D eigenvalue weighted by Crippen LogP contribution is 2.14. The van der Waals surface area contributed by atoms with Gasteiger partial charge in [-0.2, -0.15) is 5.10 Å². The monoisotopic (exact) mass is 266 g/mol. The second-order valence-electron chi connectivity index (χ2n) is 4.71. The summed E-state index contributed by atoms with van der Waals surface area (Å²) in [6.45, 7) is 5.50. The highest BCUT2D eigenvalue weighted by molar-refractivity contribution is 5.33. The van der Waals surface area contributed by atoms with Crippen LogP contribution in [0.2, 0.25) is 0 Å². The van der Waals surface area contributed by atoms with Crippen molar-refractivity contribution in [1.29, 1.82) is 0 Å². The molecule has 1 heterocycles. The molecule has 2 rings (SSSR count). The molecule has 6 heteroatoms. The number of halogens is 2. The molecular formula is C13H16F2N4. The molecule has 1 aromatic carbocycles. The van der Waals surface area contributed by atoms with Crippen molar-refractivity contribution in [2.24, 2.45) is 5.92 Å². The third kappa shape index (κ3) is 3.35. The van der Waals surface area contributed by atoms with Crippen LogP contribution in [0.25, 0.3) is 5.69 Å². The molecule has 102 valence electrons. The molecule has 4 nitrogen and oxygen atoms in total. The van der Waals surface area contributed by atoms with E-state index in [9.17, 15) is 8.78 Å². The minimum atomic E-state index is -0.657. The van der Waals surface area contributed by atoms with E-state index in [-0.39, 0.29) is 5.69 Å². The van der Waals surface area contributed by atoms with E-state index in [1.54, 1.807) is 0 Å². The Morgan fingerprint density at radius 1 is 1.32 bits per heavy atom. The molecule has 0 saturated carbocycles. The molecule has 1 N–H and O–H groups in total. The van der Waals surface area contributed by atoms with Gasteiger partial charge in [-0.3, -0.25) is 0 Å². The fourth-order valence-corrected chi connectivity index (χ4v) is 1.71. The van der Waals surface area contributed by atoms with Gasteiger partial charge < -0.3 is 5.32 Å². The van der Waals surface area contributed by atoms with Gasteiger partial charge in [0, 0.05) is 6.07 Å². The molecular weight excluding hydrogens is 250 g/mol. The van der Waals surface area contributed by atoms with Crippen molar-refractivity contribution < 1.29 is 8.78 Å². The minimum absolute atomic E-state index is 0.195. The molecule has 0 aliphatic rings. The Labute approximate surface area is 110 Å². The lowest BCUT2D eigenvalue weighted by Crippen LogP contribution is -2.21. The van der Waals surface area contributed by atoms with Crippen LogP contribution in [0.1, 0.15) is 19.7 Å². The molecule has 2 aromatic rings. The van der Waals surface area contributed by atoms with Gasteiger partial charge in [0.1, 0.15) is 23.7 Å². The van der Waals surface area contributed by atoms with E-state index in [0.29, 0.717) is 18.3 Å². The van der Waals surface area contributed by atoms with E-state index in [1.807, 2.05) is 0 Å². The summed E-state index contributed by atoms with van der Waals surface area (Å²) in [4.78, 5) is 4.08. The smallest absolute Gasteiger partial charge is 0.151 e. The van der Waals surface area contributed by atoms with Gasteiger partial charge in [-0.25, -0.2) is 18.4 Å². The Bertz CT molecular complexity index is 551. The topological polar surface area (TPSA) is 42.7 Å². The molecule has 0 aliphatic heterocycles. The fourth-order valence-electron chi connectivity index (χ4n) is 1.71. The van der Waals surface area contributed by atoms with E-state index in [1.165, 1.54) is 23.1 Å². The zero-order chi connectivity index (χ0) is 13.8. The van der Waals surface area contributed by atoms with E-state index < -0.39 is 11.6 Å². The zero-order valence-electron chi connectivity index (χ0n) is 10.9. The largest absolute Gasteiger partial charge is 0.310 e. The Morgan fingerprint density at radius 3 is 2.79 bits per heavy atom. The van der Waals surface area contributed by atoms with Crippen LogP contribution in [0.15, 0.2) is 24.5 Å². The number of aromatic nitrogens is 3. The fraction of sp³-hybridized carbons (Fsp3) is 0.385. The number of nitrogens with one attached hydrogen (secondary N) is 1. The Kier molecular flexibility index (Phi) is 4.21. The number of hydrogen-bond donors (Lipinski definition) is 1. The first kappa shape index (κ1) is 13.6. The summed E-state index contributed by atoms with van der Waals surface area (Å²) < 4.78 is 28.0. The molecule has 0 bridgehead atoms. The molecule has 0 spiro atoms. The quantitative estimate of drug-likeness (QED) is 0.903. The van der Waals surface area contributed by atoms with Crippen molar-refractivity contribution >= 4 is 0 Å². The number of nitrogens with zero attached hydrogens (tertiary/aromatic N) is 3. The second-order valence-corrected chi connectivity index (χ2v) is 4.71. The summed E-state index contributed by atoms with van der Waals surface area (Å²) in [6.07, 6.45) is 1.36. The Hall–Kier alpha value is -1.82. The maximum absolute atomic E-state index is 13.7. The van der Waals surface area contributed by atoms with Gasteiger partial charge in [0.2, 0.25) is 0 Å². The van der Waals surface area contributed by atoms with Gasteiger partial charge in [0.15, 0.2) is 5.82 Å². The predicted molar refractivity (Wildman–Crippen MR) is 67.8 cm³/mol. The Morgan fingerprint density at radius 2 is 2.11 bits per heavy atom. The Balaban J connectivity index is 2.19. The summed E-state index contributed by atoms with van der Waals surface area (Å²) >= 11 is 0. The summed E-state index contributed by atoms with van der Waals surface area (Å²) in [5, 5.41) is 7.19. The first-order valence-corrected chi connectivity index (χ1v) is 6.13. The molecule has 0 amide bonds. The average Bonchev–Trinajstić information content (AvgIpc) is 2.77. The van der Waals surface area contributed by atoms with Crippen molar-refractivity contribution in [3.63, 3.8) is 0 Å². The third-order valence-corrected chi connectivity index (χ3v) is 2.59. The molecule has 0 fully saturated rings. The maximum Gasteiger partial charge on any atom is 0.151 e. The van der Waals surface area contributed by atoms with Crippen molar-refractivity contribution in [2.75, 3.05) is 6.54 Å². The summed E-state index contributed by atoms with van der Waals surface area (Å²) in [5.74, 6) is -0.165. The van der Waals surface area contributed by atoms with Gasteiger partial charge in [0.05, 0.1) is 6.54 Å². The van der Waals surface area contributed by atoms with Crippen molar-refractivity contribution in [3.8, 4) is 5.69 Å². The van der Waals surface area contributed by atoms with Crippen LogP contribution in [-0.2, 0) is 6.54 Å². The summed E-state index contributed by atoms with van der Waals surface area (Å²) in [6, 6.07) is 3.39. The minimum Gasteiger partial charge on any atom is -0.310 e. The first-order valence-electron chi connectivity index (χ1n) is 6.13. The third-order valence-electron chi connectivity index (χ3n) is 2.59. The number of benzene rings is 1. The van der Waals surface area contributed by atoms with Crippen molar-refractivity contribution in [3.05, 3.63) is 42.0 Å². The lowest BCUT2D eigenvalue weighted by atomic mass is 10.2. The number of hydrogen-bond acceptors (Lipinski definition) is 3. The van der Waals surface area contributed by atoms with Gasteiger partial charge in [-0.15, -0.1) is 0 Å². The lowest BCUT2D eigenvalue weighted by molar-refractivity contribution is 0.532. The van der Waals surface area contributed by atoms with Crippen LogP contribution in [-0.4, -0.2) is 21.3 Å². The van der Waals surface area contributed by atoms with Crippen molar-refractivity contribution in [1.82, 2.24) is 20.1 Å². The van der Waals surface area contributed by atoms with E-state index in [2.05, 4.69) is 29.2 Å². The second kappa shape index (κ2) is 5.88. The lowest BCUT2D eigenvalue weighted by Gasteiger charge is -2.09. The molecule has 0 saturated heterocycles. The molecule has 0 atom stereocenters. The van der Waals surface area contributed by atoms with Crippen LogP contribution in [0.4, 0.5) is 8.78 Å². The molecule has 0 aliphatic carbocycles.